The molecule has 26 heavy (non-hydrogen) atoms. The standard InChI is InChI=1S/C21H41N5/c1-7-24(8-2)14-17-13-18(15-25(9-3)10-4)21(23)19(20(17)22)16-26(11-5)12-6/h13H,7-12,14-16,22-23H2,1-6H3. The number of nitrogens with two attached hydrogens (primary N) is 2. The van der Waals surface area contributed by atoms with Gasteiger partial charge in [-0.15, -0.1) is 0 Å². The molecule has 0 heterocycles. The Kier molecular flexibility index (Phi) is 9.99. The van der Waals surface area contributed by atoms with Crippen LogP contribution in [0, 0.1) is 0 Å². The third-order valence-electron chi connectivity index (χ3n) is 5.54. The summed E-state index contributed by atoms with van der Waals surface area (Å²) in [6.07, 6.45) is 0. The lowest BCUT2D eigenvalue weighted by molar-refractivity contribution is 0.288. The van der Waals surface area contributed by atoms with E-state index in [2.05, 4.69) is 62.3 Å². The van der Waals surface area contributed by atoms with Gasteiger partial charge in [0.25, 0.3) is 0 Å². The van der Waals surface area contributed by atoms with Gasteiger partial charge in [-0.3, -0.25) is 14.7 Å². The molecule has 0 atom stereocenters. The van der Waals surface area contributed by atoms with Crippen LogP contribution in [0.3, 0.4) is 0 Å². The van der Waals surface area contributed by atoms with Crippen LogP contribution < -0.4 is 11.5 Å². The van der Waals surface area contributed by atoms with Gasteiger partial charge in [0.15, 0.2) is 0 Å². The maximum absolute atomic E-state index is 6.62. The normalized spacial score (nSPS) is 11.9. The van der Waals surface area contributed by atoms with E-state index in [4.69, 9.17) is 11.5 Å². The van der Waals surface area contributed by atoms with Crippen molar-refractivity contribution in [3.63, 3.8) is 0 Å². The average molecular weight is 364 g/mol. The van der Waals surface area contributed by atoms with E-state index in [-0.39, 0.29) is 0 Å². The van der Waals surface area contributed by atoms with E-state index in [0.29, 0.717) is 0 Å². The van der Waals surface area contributed by atoms with Gasteiger partial charge in [0.1, 0.15) is 0 Å². The fourth-order valence-corrected chi connectivity index (χ4v) is 3.38. The Labute approximate surface area is 161 Å². The summed E-state index contributed by atoms with van der Waals surface area (Å²) in [5.74, 6) is 0. The van der Waals surface area contributed by atoms with Crippen LogP contribution in [-0.4, -0.2) is 54.0 Å². The summed E-state index contributed by atoms with van der Waals surface area (Å²) >= 11 is 0. The lowest BCUT2D eigenvalue weighted by atomic mass is 9.98. The number of benzene rings is 1. The molecule has 0 aromatic heterocycles. The fraction of sp³-hybridized carbons (Fsp3) is 0.714. The van der Waals surface area contributed by atoms with E-state index >= 15 is 0 Å². The Hall–Kier alpha value is -1.30. The summed E-state index contributed by atoms with van der Waals surface area (Å²) in [6.45, 7) is 21.9. The predicted octanol–water partition coefficient (Wildman–Crippen LogP) is 3.38. The predicted molar refractivity (Wildman–Crippen MR) is 115 cm³/mol. The summed E-state index contributed by atoms with van der Waals surface area (Å²) in [7, 11) is 0. The molecule has 0 spiro atoms. The van der Waals surface area contributed by atoms with Gasteiger partial charge >= 0.3 is 0 Å². The summed E-state index contributed by atoms with van der Waals surface area (Å²) in [5, 5.41) is 0. The Morgan fingerprint density at radius 2 is 0.885 bits per heavy atom. The van der Waals surface area contributed by atoms with Crippen molar-refractivity contribution in [3.05, 3.63) is 22.8 Å². The van der Waals surface area contributed by atoms with Gasteiger partial charge in [0.05, 0.1) is 0 Å². The second-order valence-corrected chi connectivity index (χ2v) is 6.88. The summed E-state index contributed by atoms with van der Waals surface area (Å²) in [4.78, 5) is 7.19. The molecule has 0 aliphatic rings. The SMILES string of the molecule is CCN(CC)Cc1cc(CN(CC)CC)c(N)c(CN(CC)CC)c1N. The Morgan fingerprint density at radius 1 is 0.577 bits per heavy atom. The quantitative estimate of drug-likeness (QED) is 0.558. The zero-order valence-electron chi connectivity index (χ0n) is 17.9. The molecule has 0 unspecified atom stereocenters. The molecule has 0 aliphatic carbocycles. The van der Waals surface area contributed by atoms with Crippen molar-refractivity contribution in [2.45, 2.75) is 61.2 Å². The number of nitrogens with zero attached hydrogens (tertiary/aromatic N) is 3. The zero-order chi connectivity index (χ0) is 19.7. The molecule has 0 aliphatic heterocycles. The highest BCUT2D eigenvalue weighted by Gasteiger charge is 2.18. The van der Waals surface area contributed by atoms with E-state index in [1.54, 1.807) is 0 Å². The van der Waals surface area contributed by atoms with Gasteiger partial charge in [-0.05, 0) is 56.5 Å². The Balaban J connectivity index is 3.35. The maximum Gasteiger partial charge on any atom is 0.0426 e. The smallest absolute Gasteiger partial charge is 0.0426 e. The topological polar surface area (TPSA) is 61.8 Å². The molecule has 0 bridgehead atoms. The highest BCUT2D eigenvalue weighted by molar-refractivity contribution is 5.69. The van der Waals surface area contributed by atoms with E-state index in [9.17, 15) is 0 Å². The lowest BCUT2D eigenvalue weighted by Gasteiger charge is -2.27. The van der Waals surface area contributed by atoms with Gasteiger partial charge in [-0.2, -0.15) is 0 Å². The van der Waals surface area contributed by atoms with Crippen molar-refractivity contribution in [2.75, 3.05) is 50.7 Å². The van der Waals surface area contributed by atoms with Crippen molar-refractivity contribution in [3.8, 4) is 0 Å². The van der Waals surface area contributed by atoms with Crippen molar-refractivity contribution in [1.82, 2.24) is 14.7 Å². The minimum Gasteiger partial charge on any atom is -0.398 e. The van der Waals surface area contributed by atoms with E-state index in [0.717, 1.165) is 75.8 Å². The first-order valence-corrected chi connectivity index (χ1v) is 10.3. The van der Waals surface area contributed by atoms with Gasteiger partial charge in [0, 0.05) is 36.6 Å². The van der Waals surface area contributed by atoms with Crippen LogP contribution in [0.15, 0.2) is 6.07 Å². The van der Waals surface area contributed by atoms with Crippen LogP contribution in [0.2, 0.25) is 0 Å². The largest absolute Gasteiger partial charge is 0.398 e. The minimum absolute atomic E-state index is 0.821. The summed E-state index contributed by atoms with van der Waals surface area (Å²) < 4.78 is 0. The maximum atomic E-state index is 6.62. The molecule has 0 fully saturated rings. The number of nitrogen functional groups attached to an aromatic ring is 2. The molecule has 1 aromatic rings. The second kappa shape index (κ2) is 11.4. The monoisotopic (exact) mass is 363 g/mol. The van der Waals surface area contributed by atoms with E-state index in [1.807, 2.05) is 0 Å². The van der Waals surface area contributed by atoms with Crippen LogP contribution in [-0.2, 0) is 19.6 Å². The van der Waals surface area contributed by atoms with Crippen LogP contribution >= 0.6 is 0 Å². The summed E-state index contributed by atoms with van der Waals surface area (Å²) in [5.41, 5.74) is 18.5. The molecule has 150 valence electrons. The van der Waals surface area contributed by atoms with Crippen LogP contribution in [0.1, 0.15) is 58.2 Å². The van der Waals surface area contributed by atoms with Crippen LogP contribution in [0.4, 0.5) is 11.4 Å². The minimum atomic E-state index is 0.821. The molecular weight excluding hydrogens is 322 g/mol. The van der Waals surface area contributed by atoms with E-state index < -0.39 is 0 Å². The van der Waals surface area contributed by atoms with Crippen molar-refractivity contribution in [1.29, 1.82) is 0 Å². The molecule has 0 amide bonds. The second-order valence-electron chi connectivity index (χ2n) is 6.88. The molecule has 4 N–H and O–H groups in total. The third-order valence-corrected chi connectivity index (χ3v) is 5.54. The summed E-state index contributed by atoms with van der Waals surface area (Å²) in [6, 6.07) is 2.24. The molecule has 1 rings (SSSR count). The molecular formula is C21H41N5. The van der Waals surface area contributed by atoms with Crippen molar-refractivity contribution < 1.29 is 0 Å². The van der Waals surface area contributed by atoms with Crippen LogP contribution in [0.5, 0.6) is 0 Å². The Bertz CT molecular complexity index is 493. The molecule has 5 heteroatoms. The molecule has 0 radical (unpaired) electrons. The highest BCUT2D eigenvalue weighted by atomic mass is 15.1. The van der Waals surface area contributed by atoms with Gasteiger partial charge in [-0.25, -0.2) is 0 Å². The number of hydrogen-bond donors (Lipinski definition) is 2. The third kappa shape index (κ3) is 5.86. The first-order valence-electron chi connectivity index (χ1n) is 10.3. The van der Waals surface area contributed by atoms with Crippen molar-refractivity contribution in [2.24, 2.45) is 0 Å². The first-order chi connectivity index (χ1) is 12.4. The van der Waals surface area contributed by atoms with Gasteiger partial charge in [0.2, 0.25) is 0 Å². The number of anilines is 2. The van der Waals surface area contributed by atoms with Crippen molar-refractivity contribution >= 4 is 11.4 Å². The zero-order valence-corrected chi connectivity index (χ0v) is 17.9. The molecule has 0 saturated heterocycles. The van der Waals surface area contributed by atoms with Crippen LogP contribution in [0.25, 0.3) is 0 Å². The first kappa shape index (κ1) is 22.7. The molecule has 1 aromatic carbocycles. The lowest BCUT2D eigenvalue weighted by Crippen LogP contribution is -2.27. The molecule has 5 nitrogen and oxygen atoms in total. The van der Waals surface area contributed by atoms with Gasteiger partial charge < -0.3 is 11.5 Å². The van der Waals surface area contributed by atoms with Gasteiger partial charge in [-0.1, -0.05) is 41.5 Å². The van der Waals surface area contributed by atoms with E-state index in [1.165, 1.54) is 11.1 Å². The highest BCUT2D eigenvalue weighted by Crippen LogP contribution is 2.31. The number of rotatable bonds is 12. The fourth-order valence-electron chi connectivity index (χ4n) is 3.38. The molecule has 0 saturated carbocycles. The average Bonchev–Trinajstić information content (AvgIpc) is 2.67. The number of hydrogen-bond acceptors (Lipinski definition) is 5. The Morgan fingerprint density at radius 3 is 1.19 bits per heavy atom.